The SMILES string of the molecule is Cc1cc(C(C)(C)C)c(C(CN(C)S(=O)(=O)OC(N)=O)c2ccccc2)c(C(C)(C)C)c1. The van der Waals surface area contributed by atoms with Gasteiger partial charge in [0.2, 0.25) is 0 Å². The molecule has 176 valence electrons. The minimum atomic E-state index is -4.32. The van der Waals surface area contributed by atoms with Crippen molar-refractivity contribution in [3.05, 3.63) is 70.3 Å². The van der Waals surface area contributed by atoms with Crippen molar-refractivity contribution in [2.45, 2.75) is 65.2 Å². The lowest BCUT2D eigenvalue weighted by atomic mass is 9.70. The molecule has 0 saturated carbocycles. The van der Waals surface area contributed by atoms with Crippen molar-refractivity contribution in [1.29, 1.82) is 0 Å². The first-order valence-corrected chi connectivity index (χ1v) is 12.1. The van der Waals surface area contributed by atoms with E-state index in [1.807, 2.05) is 30.3 Å². The van der Waals surface area contributed by atoms with Crippen LogP contribution in [0, 0.1) is 6.92 Å². The Morgan fingerprint density at radius 2 is 1.47 bits per heavy atom. The first-order valence-electron chi connectivity index (χ1n) is 10.7. The van der Waals surface area contributed by atoms with Crippen LogP contribution in [0.5, 0.6) is 0 Å². The molecule has 1 amide bonds. The lowest BCUT2D eigenvalue weighted by Gasteiger charge is -2.36. The molecular weight excluding hydrogens is 424 g/mol. The van der Waals surface area contributed by atoms with E-state index in [1.54, 1.807) is 0 Å². The molecule has 2 N–H and O–H groups in total. The average molecular weight is 461 g/mol. The number of nitrogens with zero attached hydrogens (tertiary/aromatic N) is 1. The van der Waals surface area contributed by atoms with Crippen molar-refractivity contribution < 1.29 is 17.4 Å². The monoisotopic (exact) mass is 460 g/mol. The average Bonchev–Trinajstić information content (AvgIpc) is 2.63. The van der Waals surface area contributed by atoms with Crippen LogP contribution in [0.25, 0.3) is 0 Å². The van der Waals surface area contributed by atoms with Gasteiger partial charge in [0.25, 0.3) is 0 Å². The lowest BCUT2D eigenvalue weighted by Crippen LogP contribution is -2.36. The van der Waals surface area contributed by atoms with E-state index in [4.69, 9.17) is 5.73 Å². The smallest absolute Gasteiger partial charge is 0.334 e. The highest BCUT2D eigenvalue weighted by molar-refractivity contribution is 7.84. The zero-order chi connectivity index (χ0) is 24.5. The summed E-state index contributed by atoms with van der Waals surface area (Å²) in [5.74, 6) is -0.281. The van der Waals surface area contributed by atoms with Crippen LogP contribution in [0.15, 0.2) is 42.5 Å². The van der Waals surface area contributed by atoms with Gasteiger partial charge in [0, 0.05) is 19.5 Å². The van der Waals surface area contributed by atoms with Crippen LogP contribution in [0.1, 0.15) is 75.3 Å². The van der Waals surface area contributed by atoms with E-state index in [0.717, 1.165) is 32.1 Å². The summed E-state index contributed by atoms with van der Waals surface area (Å²) in [5, 5.41) is 0. The molecule has 0 aromatic heterocycles. The minimum absolute atomic E-state index is 0.0921. The van der Waals surface area contributed by atoms with Crippen molar-refractivity contribution in [3.63, 3.8) is 0 Å². The van der Waals surface area contributed by atoms with Gasteiger partial charge in [0.1, 0.15) is 0 Å². The molecule has 0 bridgehead atoms. The highest BCUT2D eigenvalue weighted by Crippen LogP contribution is 2.42. The topological polar surface area (TPSA) is 89.7 Å². The molecule has 0 spiro atoms. The van der Waals surface area contributed by atoms with Crippen molar-refractivity contribution in [2.24, 2.45) is 5.73 Å². The molecule has 2 rings (SSSR count). The standard InChI is InChI=1S/C25H36N2O4S/c1-17-14-20(24(2,3)4)22(21(15-17)25(5,6)7)19(18-12-10-9-11-13-18)16-27(8)32(29,30)31-23(26)28/h9-15,19H,16H2,1-8H3,(H2,26,28). The van der Waals surface area contributed by atoms with Gasteiger partial charge in [0.05, 0.1) is 0 Å². The number of benzene rings is 2. The first kappa shape index (κ1) is 25.9. The Morgan fingerprint density at radius 3 is 1.88 bits per heavy atom. The molecule has 0 aliphatic carbocycles. The molecule has 1 unspecified atom stereocenters. The van der Waals surface area contributed by atoms with E-state index >= 15 is 0 Å². The van der Waals surface area contributed by atoms with Gasteiger partial charge in [-0.15, -0.1) is 0 Å². The van der Waals surface area contributed by atoms with E-state index < -0.39 is 16.4 Å². The molecule has 0 radical (unpaired) electrons. The normalized spacial score (nSPS) is 13.8. The van der Waals surface area contributed by atoms with Crippen molar-refractivity contribution in [2.75, 3.05) is 13.6 Å². The predicted molar refractivity (Wildman–Crippen MR) is 129 cm³/mol. The van der Waals surface area contributed by atoms with Crippen LogP contribution in [0.3, 0.4) is 0 Å². The minimum Gasteiger partial charge on any atom is -0.334 e. The highest BCUT2D eigenvalue weighted by atomic mass is 32.2. The largest absolute Gasteiger partial charge is 0.421 e. The molecule has 0 fully saturated rings. The van der Waals surface area contributed by atoms with E-state index in [1.165, 1.54) is 7.05 Å². The van der Waals surface area contributed by atoms with E-state index in [2.05, 4.69) is 64.8 Å². The fraction of sp³-hybridized carbons (Fsp3) is 0.480. The Morgan fingerprint density at radius 1 is 1.00 bits per heavy atom. The third-order valence-electron chi connectivity index (χ3n) is 5.50. The number of aryl methyl sites for hydroxylation is 1. The third kappa shape index (κ3) is 6.11. The maximum absolute atomic E-state index is 12.6. The number of carbonyl (C=O) groups excluding carboxylic acids is 1. The fourth-order valence-electron chi connectivity index (χ4n) is 3.98. The summed E-state index contributed by atoms with van der Waals surface area (Å²) >= 11 is 0. The second kappa shape index (κ2) is 9.24. The number of nitrogens with two attached hydrogens (primary N) is 1. The maximum atomic E-state index is 12.6. The Kier molecular flexibility index (Phi) is 7.47. The summed E-state index contributed by atoms with van der Waals surface area (Å²) in [6.45, 7) is 15.2. The van der Waals surface area contributed by atoms with Gasteiger partial charge in [0.15, 0.2) is 0 Å². The van der Waals surface area contributed by atoms with Gasteiger partial charge < -0.3 is 9.92 Å². The summed E-state index contributed by atoms with van der Waals surface area (Å²) in [7, 11) is -2.92. The third-order valence-corrected chi connectivity index (χ3v) is 6.79. The zero-order valence-corrected chi connectivity index (χ0v) is 21.2. The first-order chi connectivity index (χ1) is 14.5. The Balaban J connectivity index is 2.82. The quantitative estimate of drug-likeness (QED) is 0.657. The number of amides is 1. The molecule has 0 aliphatic rings. The highest BCUT2D eigenvalue weighted by Gasteiger charge is 2.34. The number of likely N-dealkylation sites (N-methyl/N-ethyl adjacent to an activating group) is 1. The van der Waals surface area contributed by atoms with Crippen LogP contribution in [0.2, 0.25) is 0 Å². The van der Waals surface area contributed by atoms with Crippen molar-refractivity contribution in [1.82, 2.24) is 4.31 Å². The fourth-order valence-corrected chi connectivity index (χ4v) is 4.65. The molecule has 2 aromatic carbocycles. The van der Waals surface area contributed by atoms with Crippen LogP contribution >= 0.6 is 0 Å². The van der Waals surface area contributed by atoms with E-state index in [-0.39, 0.29) is 23.3 Å². The van der Waals surface area contributed by atoms with Crippen LogP contribution < -0.4 is 5.73 Å². The number of rotatable bonds is 6. The van der Waals surface area contributed by atoms with Gasteiger partial charge >= 0.3 is 16.4 Å². The summed E-state index contributed by atoms with van der Waals surface area (Å²) in [6, 6.07) is 14.2. The summed E-state index contributed by atoms with van der Waals surface area (Å²) in [6.07, 6.45) is -1.35. The van der Waals surface area contributed by atoms with Crippen molar-refractivity contribution in [3.8, 4) is 0 Å². The molecular formula is C25H36N2O4S. The summed E-state index contributed by atoms with van der Waals surface area (Å²) in [5.41, 5.74) is 10.2. The van der Waals surface area contributed by atoms with Gasteiger partial charge in [-0.2, -0.15) is 12.7 Å². The molecule has 2 aromatic rings. The second-order valence-electron chi connectivity index (χ2n) is 10.4. The number of hydrogen-bond donors (Lipinski definition) is 1. The van der Waals surface area contributed by atoms with Crippen LogP contribution in [-0.4, -0.2) is 32.4 Å². The molecule has 0 saturated heterocycles. The molecule has 6 nitrogen and oxygen atoms in total. The Hall–Kier alpha value is -2.38. The van der Waals surface area contributed by atoms with Gasteiger partial charge in [-0.1, -0.05) is 89.6 Å². The number of primary amides is 1. The molecule has 7 heteroatoms. The Labute approximate surface area is 193 Å². The van der Waals surface area contributed by atoms with Gasteiger partial charge in [-0.25, -0.2) is 4.79 Å². The zero-order valence-electron chi connectivity index (χ0n) is 20.4. The second-order valence-corrected chi connectivity index (χ2v) is 12.0. The molecule has 32 heavy (non-hydrogen) atoms. The lowest BCUT2D eigenvalue weighted by molar-refractivity contribution is 0.207. The van der Waals surface area contributed by atoms with E-state index in [0.29, 0.717) is 0 Å². The molecule has 0 heterocycles. The summed E-state index contributed by atoms with van der Waals surface area (Å²) < 4.78 is 30.6. The van der Waals surface area contributed by atoms with Crippen molar-refractivity contribution >= 4 is 16.4 Å². The number of hydrogen-bond acceptors (Lipinski definition) is 4. The summed E-state index contributed by atoms with van der Waals surface area (Å²) in [4.78, 5) is 11.1. The maximum Gasteiger partial charge on any atom is 0.421 e. The number of carbonyl (C=O) groups is 1. The predicted octanol–water partition coefficient (Wildman–Crippen LogP) is 4.99. The van der Waals surface area contributed by atoms with Crippen LogP contribution in [-0.2, 0) is 25.3 Å². The molecule has 1 atom stereocenters. The van der Waals surface area contributed by atoms with Crippen LogP contribution in [0.4, 0.5) is 4.79 Å². The molecule has 0 aliphatic heterocycles. The van der Waals surface area contributed by atoms with Gasteiger partial charge in [-0.05, 0) is 40.0 Å². The Bertz CT molecular complexity index is 1030. The van der Waals surface area contributed by atoms with Gasteiger partial charge in [-0.3, -0.25) is 0 Å². The van der Waals surface area contributed by atoms with E-state index in [9.17, 15) is 13.2 Å².